The first-order valence-electron chi connectivity index (χ1n) is 4.59. The maximum absolute atomic E-state index is 10.3. The van der Waals surface area contributed by atoms with E-state index in [9.17, 15) is 5.11 Å². The molecule has 0 spiro atoms. The Hall–Kier alpha value is -1.00. The van der Waals surface area contributed by atoms with Gasteiger partial charge in [-0.3, -0.25) is 9.97 Å². The van der Waals surface area contributed by atoms with Crippen LogP contribution in [0.5, 0.6) is 0 Å². The predicted octanol–water partition coefficient (Wildman–Crippen LogP) is 0.967. The minimum absolute atomic E-state index is 0.0270. The lowest BCUT2D eigenvalue weighted by molar-refractivity contribution is -0.0733. The number of ether oxygens (including phenoxy) is 1. The van der Waals surface area contributed by atoms with Crippen LogP contribution in [0.1, 0.15) is 19.5 Å². The third-order valence-corrected chi connectivity index (χ3v) is 2.33. The number of rotatable bonds is 4. The van der Waals surface area contributed by atoms with Gasteiger partial charge in [-0.15, -0.1) is 0 Å². The van der Waals surface area contributed by atoms with Crippen molar-refractivity contribution in [1.82, 2.24) is 9.97 Å². The van der Waals surface area contributed by atoms with Crippen LogP contribution in [0, 0.1) is 5.92 Å². The molecule has 0 saturated heterocycles. The van der Waals surface area contributed by atoms with Crippen molar-refractivity contribution in [2.24, 2.45) is 5.92 Å². The predicted molar refractivity (Wildman–Crippen MR) is 52.6 cm³/mol. The highest BCUT2D eigenvalue weighted by Gasteiger charge is 2.34. The zero-order valence-corrected chi connectivity index (χ0v) is 8.77. The van der Waals surface area contributed by atoms with Crippen molar-refractivity contribution in [3.05, 3.63) is 24.3 Å². The van der Waals surface area contributed by atoms with E-state index in [-0.39, 0.29) is 12.5 Å². The highest BCUT2D eigenvalue weighted by molar-refractivity contribution is 5.09. The molecule has 0 saturated carbocycles. The summed E-state index contributed by atoms with van der Waals surface area (Å²) in [6, 6.07) is 0. The van der Waals surface area contributed by atoms with Crippen molar-refractivity contribution < 1.29 is 9.84 Å². The Morgan fingerprint density at radius 2 is 2.21 bits per heavy atom. The Bertz CT molecular complexity index is 277. The van der Waals surface area contributed by atoms with E-state index in [1.165, 1.54) is 0 Å². The number of methoxy groups -OCH3 is 1. The monoisotopic (exact) mass is 196 g/mol. The van der Waals surface area contributed by atoms with E-state index in [4.69, 9.17) is 4.74 Å². The lowest BCUT2D eigenvalue weighted by Gasteiger charge is -2.30. The van der Waals surface area contributed by atoms with Gasteiger partial charge in [0.2, 0.25) is 0 Å². The molecule has 1 aromatic heterocycles. The average molecular weight is 196 g/mol. The Morgan fingerprint density at radius 3 is 2.64 bits per heavy atom. The van der Waals surface area contributed by atoms with Gasteiger partial charge >= 0.3 is 0 Å². The third-order valence-electron chi connectivity index (χ3n) is 2.33. The van der Waals surface area contributed by atoms with Gasteiger partial charge in [-0.1, -0.05) is 13.8 Å². The molecule has 1 N–H and O–H groups in total. The molecule has 0 amide bonds. The van der Waals surface area contributed by atoms with E-state index in [0.29, 0.717) is 5.69 Å². The highest BCUT2D eigenvalue weighted by Crippen LogP contribution is 2.27. The fourth-order valence-electron chi connectivity index (χ4n) is 1.28. The standard InChI is InChI=1S/C10H16N2O2/c1-8(2)10(13,7-14-3)9-6-11-4-5-12-9/h4-6,8,13H,7H2,1-3H3. The Morgan fingerprint density at radius 1 is 1.50 bits per heavy atom. The normalized spacial score (nSPS) is 15.5. The minimum atomic E-state index is -1.05. The third kappa shape index (κ3) is 2.08. The molecule has 0 aliphatic rings. The van der Waals surface area contributed by atoms with Gasteiger partial charge in [0.05, 0.1) is 18.5 Å². The molecular weight excluding hydrogens is 180 g/mol. The molecule has 4 heteroatoms. The van der Waals surface area contributed by atoms with Crippen LogP contribution in [-0.2, 0) is 10.3 Å². The maximum Gasteiger partial charge on any atom is 0.133 e. The van der Waals surface area contributed by atoms with Crippen molar-refractivity contribution in [2.45, 2.75) is 19.4 Å². The summed E-state index contributed by atoms with van der Waals surface area (Å²) in [5, 5.41) is 10.3. The largest absolute Gasteiger partial charge is 0.381 e. The molecule has 1 aromatic rings. The number of aliphatic hydroxyl groups is 1. The van der Waals surface area contributed by atoms with E-state index < -0.39 is 5.60 Å². The summed E-state index contributed by atoms with van der Waals surface area (Å²) < 4.78 is 5.00. The second kappa shape index (κ2) is 4.48. The Labute approximate surface area is 84.0 Å². The summed E-state index contributed by atoms with van der Waals surface area (Å²) in [4.78, 5) is 8.04. The molecule has 1 heterocycles. The van der Waals surface area contributed by atoms with Crippen molar-refractivity contribution in [3.8, 4) is 0 Å². The van der Waals surface area contributed by atoms with Crippen LogP contribution in [0.2, 0.25) is 0 Å². The molecule has 0 fully saturated rings. The number of nitrogens with zero attached hydrogens (tertiary/aromatic N) is 2. The molecular formula is C10H16N2O2. The molecule has 4 nitrogen and oxygen atoms in total. The van der Waals surface area contributed by atoms with Gasteiger partial charge in [0, 0.05) is 19.5 Å². The van der Waals surface area contributed by atoms with Gasteiger partial charge in [-0.05, 0) is 5.92 Å². The van der Waals surface area contributed by atoms with Gasteiger partial charge in [-0.25, -0.2) is 0 Å². The number of hydrogen-bond donors (Lipinski definition) is 1. The highest BCUT2D eigenvalue weighted by atomic mass is 16.5. The SMILES string of the molecule is COCC(O)(c1cnccn1)C(C)C. The molecule has 14 heavy (non-hydrogen) atoms. The molecule has 0 aliphatic heterocycles. The zero-order valence-electron chi connectivity index (χ0n) is 8.77. The van der Waals surface area contributed by atoms with Gasteiger partial charge in [0.1, 0.15) is 5.60 Å². The smallest absolute Gasteiger partial charge is 0.133 e. The number of hydrogen-bond acceptors (Lipinski definition) is 4. The molecule has 1 unspecified atom stereocenters. The summed E-state index contributed by atoms with van der Waals surface area (Å²) >= 11 is 0. The summed E-state index contributed by atoms with van der Waals surface area (Å²) in [5.74, 6) is 0.0270. The average Bonchev–Trinajstić information content (AvgIpc) is 2.19. The molecule has 0 aromatic carbocycles. The van der Waals surface area contributed by atoms with E-state index in [0.717, 1.165) is 0 Å². The quantitative estimate of drug-likeness (QED) is 0.779. The Kier molecular flexibility index (Phi) is 3.55. The zero-order chi connectivity index (χ0) is 10.6. The van der Waals surface area contributed by atoms with Crippen molar-refractivity contribution in [3.63, 3.8) is 0 Å². The van der Waals surface area contributed by atoms with Gasteiger partial charge in [-0.2, -0.15) is 0 Å². The van der Waals surface area contributed by atoms with Crippen LogP contribution < -0.4 is 0 Å². The van der Waals surface area contributed by atoms with E-state index >= 15 is 0 Å². The number of aromatic nitrogens is 2. The molecule has 78 valence electrons. The van der Waals surface area contributed by atoms with Gasteiger partial charge in [0.25, 0.3) is 0 Å². The van der Waals surface area contributed by atoms with Crippen LogP contribution in [0.4, 0.5) is 0 Å². The molecule has 0 radical (unpaired) electrons. The topological polar surface area (TPSA) is 55.2 Å². The molecule has 0 aliphatic carbocycles. The van der Waals surface area contributed by atoms with Crippen molar-refractivity contribution in [1.29, 1.82) is 0 Å². The van der Waals surface area contributed by atoms with E-state index in [1.807, 2.05) is 13.8 Å². The van der Waals surface area contributed by atoms with E-state index in [1.54, 1.807) is 25.7 Å². The molecule has 1 rings (SSSR count). The fourth-order valence-corrected chi connectivity index (χ4v) is 1.28. The van der Waals surface area contributed by atoms with Crippen molar-refractivity contribution >= 4 is 0 Å². The van der Waals surface area contributed by atoms with Gasteiger partial charge < -0.3 is 9.84 Å². The van der Waals surface area contributed by atoms with E-state index in [2.05, 4.69) is 9.97 Å². The second-order valence-electron chi connectivity index (χ2n) is 3.60. The van der Waals surface area contributed by atoms with Crippen LogP contribution in [0.25, 0.3) is 0 Å². The summed E-state index contributed by atoms with van der Waals surface area (Å²) in [7, 11) is 1.56. The molecule has 0 bridgehead atoms. The van der Waals surface area contributed by atoms with Crippen LogP contribution in [0.3, 0.4) is 0 Å². The summed E-state index contributed by atoms with van der Waals surface area (Å²) in [6.45, 7) is 4.07. The minimum Gasteiger partial charge on any atom is -0.381 e. The lowest BCUT2D eigenvalue weighted by Crippen LogP contribution is -2.37. The summed E-state index contributed by atoms with van der Waals surface area (Å²) in [5.41, 5.74) is -0.500. The van der Waals surface area contributed by atoms with Crippen molar-refractivity contribution in [2.75, 3.05) is 13.7 Å². The lowest BCUT2D eigenvalue weighted by atomic mass is 9.88. The fraction of sp³-hybridized carbons (Fsp3) is 0.600. The first-order chi connectivity index (χ1) is 6.61. The Balaban J connectivity index is 2.99. The van der Waals surface area contributed by atoms with Crippen LogP contribution in [0.15, 0.2) is 18.6 Å². The molecule has 1 atom stereocenters. The summed E-state index contributed by atoms with van der Waals surface area (Å²) in [6.07, 6.45) is 4.72. The van der Waals surface area contributed by atoms with Crippen LogP contribution in [-0.4, -0.2) is 28.8 Å². The van der Waals surface area contributed by atoms with Gasteiger partial charge in [0.15, 0.2) is 0 Å². The van der Waals surface area contributed by atoms with Crippen LogP contribution >= 0.6 is 0 Å². The second-order valence-corrected chi connectivity index (χ2v) is 3.60. The first-order valence-corrected chi connectivity index (χ1v) is 4.59. The maximum atomic E-state index is 10.3. The first kappa shape index (κ1) is 11.1.